The van der Waals surface area contributed by atoms with Crippen molar-refractivity contribution in [2.24, 2.45) is 23.7 Å². The van der Waals surface area contributed by atoms with E-state index in [9.17, 15) is 0 Å². The van der Waals surface area contributed by atoms with Crippen LogP contribution in [0.25, 0.3) is 0 Å². The minimum absolute atomic E-state index is 1.19. The van der Waals surface area contributed by atoms with Crippen LogP contribution in [0.1, 0.15) is 38.5 Å². The molecule has 3 saturated carbocycles. The van der Waals surface area contributed by atoms with Crippen LogP contribution >= 0.6 is 0 Å². The first-order valence-corrected chi connectivity index (χ1v) is 4.95. The molecular weight excluding hydrogens is 120 g/mol. The highest BCUT2D eigenvalue weighted by Gasteiger charge is 2.50. The molecule has 4 unspecified atom stereocenters. The third-order valence-corrected chi connectivity index (χ3v) is 4.30. The quantitative estimate of drug-likeness (QED) is 0.480. The van der Waals surface area contributed by atoms with Crippen LogP contribution in [0.15, 0.2) is 0 Å². The van der Waals surface area contributed by atoms with Crippen molar-refractivity contribution in [3.63, 3.8) is 0 Å². The molecule has 3 fully saturated rings. The molecule has 4 atom stereocenters. The zero-order valence-corrected chi connectivity index (χ0v) is 6.55. The van der Waals surface area contributed by atoms with Crippen molar-refractivity contribution >= 4 is 0 Å². The van der Waals surface area contributed by atoms with E-state index in [1.54, 1.807) is 38.5 Å². The molecule has 0 bridgehead atoms. The molecule has 56 valence electrons. The average molecular weight is 136 g/mol. The minimum atomic E-state index is 1.19. The van der Waals surface area contributed by atoms with Crippen molar-refractivity contribution in [2.75, 3.05) is 0 Å². The van der Waals surface area contributed by atoms with Crippen LogP contribution < -0.4 is 0 Å². The van der Waals surface area contributed by atoms with Crippen LogP contribution in [0.2, 0.25) is 0 Å². The largest absolute Gasteiger partial charge is 0.0528 e. The lowest BCUT2D eigenvalue weighted by Crippen LogP contribution is -2.38. The highest BCUT2D eigenvalue weighted by molar-refractivity contribution is 5.00. The second kappa shape index (κ2) is 1.78. The summed E-state index contributed by atoms with van der Waals surface area (Å²) in [6, 6.07) is 0. The van der Waals surface area contributed by atoms with Gasteiger partial charge in [0.1, 0.15) is 0 Å². The fraction of sp³-hybridized carbons (Fsp3) is 1.00. The number of rotatable bonds is 0. The molecule has 0 aromatic carbocycles. The van der Waals surface area contributed by atoms with Gasteiger partial charge >= 0.3 is 0 Å². The Balaban J connectivity index is 1.86. The van der Waals surface area contributed by atoms with Crippen LogP contribution in [-0.2, 0) is 0 Å². The first-order chi connectivity index (χ1) is 4.95. The van der Waals surface area contributed by atoms with Crippen LogP contribution in [0.4, 0.5) is 0 Å². The molecule has 0 amide bonds. The smallest absolute Gasteiger partial charge is 0.0329 e. The average Bonchev–Trinajstić information content (AvgIpc) is 2.25. The summed E-state index contributed by atoms with van der Waals surface area (Å²) in [5.41, 5.74) is 0. The molecular formula is C10H16. The fourth-order valence-electron chi connectivity index (χ4n) is 3.88. The summed E-state index contributed by atoms with van der Waals surface area (Å²) < 4.78 is 0. The summed E-state index contributed by atoms with van der Waals surface area (Å²) in [6.07, 6.45) is 9.51. The SMILES string of the molecule is C1CC2CCC3CC(C1)C23. The Labute approximate surface area is 63.0 Å². The molecule has 0 radical (unpaired) electrons. The minimum Gasteiger partial charge on any atom is -0.0528 e. The second-order valence-electron chi connectivity index (χ2n) is 4.60. The van der Waals surface area contributed by atoms with Gasteiger partial charge in [0.2, 0.25) is 0 Å². The van der Waals surface area contributed by atoms with Crippen LogP contribution in [0, 0.1) is 23.7 Å². The lowest BCUT2D eigenvalue weighted by Gasteiger charge is -2.47. The fourth-order valence-corrected chi connectivity index (χ4v) is 3.88. The van der Waals surface area contributed by atoms with E-state index in [0.717, 1.165) is 0 Å². The lowest BCUT2D eigenvalue weighted by atomic mass is 9.59. The molecule has 0 aromatic rings. The molecule has 3 aliphatic carbocycles. The van der Waals surface area contributed by atoms with Crippen LogP contribution in [0.5, 0.6) is 0 Å². The van der Waals surface area contributed by atoms with Crippen molar-refractivity contribution in [2.45, 2.75) is 38.5 Å². The van der Waals surface area contributed by atoms with Crippen molar-refractivity contribution in [1.29, 1.82) is 0 Å². The van der Waals surface area contributed by atoms with Crippen LogP contribution in [0.3, 0.4) is 0 Å². The topological polar surface area (TPSA) is 0 Å². The van der Waals surface area contributed by atoms with Gasteiger partial charge in [-0.2, -0.15) is 0 Å². The molecule has 0 aliphatic heterocycles. The summed E-state index contributed by atoms with van der Waals surface area (Å²) in [7, 11) is 0. The van der Waals surface area contributed by atoms with E-state index in [2.05, 4.69) is 0 Å². The Hall–Kier alpha value is 0. The predicted octanol–water partition coefficient (Wildman–Crippen LogP) is 2.83. The Morgan fingerprint density at radius 2 is 1.40 bits per heavy atom. The maximum atomic E-state index is 1.61. The van der Waals surface area contributed by atoms with Crippen molar-refractivity contribution < 1.29 is 0 Å². The van der Waals surface area contributed by atoms with E-state index < -0.39 is 0 Å². The van der Waals surface area contributed by atoms with Gasteiger partial charge in [-0.15, -0.1) is 0 Å². The molecule has 0 spiro atoms. The van der Waals surface area contributed by atoms with Crippen molar-refractivity contribution in [3.8, 4) is 0 Å². The molecule has 3 rings (SSSR count). The van der Waals surface area contributed by atoms with E-state index in [0.29, 0.717) is 0 Å². The monoisotopic (exact) mass is 136 g/mol. The second-order valence-corrected chi connectivity index (χ2v) is 4.60. The van der Waals surface area contributed by atoms with Gasteiger partial charge in [-0.3, -0.25) is 0 Å². The van der Waals surface area contributed by atoms with Crippen LogP contribution in [-0.4, -0.2) is 0 Å². The number of hydrogen-bond acceptors (Lipinski definition) is 0. The Morgan fingerprint density at radius 1 is 0.700 bits per heavy atom. The molecule has 0 heteroatoms. The van der Waals surface area contributed by atoms with E-state index >= 15 is 0 Å². The van der Waals surface area contributed by atoms with Crippen molar-refractivity contribution in [3.05, 3.63) is 0 Å². The summed E-state index contributed by atoms with van der Waals surface area (Å²) in [6.45, 7) is 0. The normalized spacial score (nSPS) is 57.6. The van der Waals surface area contributed by atoms with Gasteiger partial charge in [-0.05, 0) is 42.9 Å². The van der Waals surface area contributed by atoms with Gasteiger partial charge in [0, 0.05) is 0 Å². The highest BCUT2D eigenvalue weighted by Crippen LogP contribution is 2.59. The maximum absolute atomic E-state index is 1.61. The molecule has 0 heterocycles. The molecule has 0 aromatic heterocycles. The molecule has 10 heavy (non-hydrogen) atoms. The highest BCUT2D eigenvalue weighted by atomic mass is 14.5. The van der Waals surface area contributed by atoms with E-state index in [1.807, 2.05) is 0 Å². The van der Waals surface area contributed by atoms with Gasteiger partial charge in [0.05, 0.1) is 0 Å². The van der Waals surface area contributed by atoms with Gasteiger partial charge in [-0.25, -0.2) is 0 Å². The van der Waals surface area contributed by atoms with Gasteiger partial charge < -0.3 is 0 Å². The zero-order chi connectivity index (χ0) is 6.55. The summed E-state index contributed by atoms with van der Waals surface area (Å²) in [5, 5.41) is 0. The molecule has 0 nitrogen and oxygen atoms in total. The first kappa shape index (κ1) is 5.62. The zero-order valence-electron chi connectivity index (χ0n) is 6.55. The van der Waals surface area contributed by atoms with E-state index in [4.69, 9.17) is 0 Å². The first-order valence-electron chi connectivity index (χ1n) is 4.95. The van der Waals surface area contributed by atoms with Gasteiger partial charge in [-0.1, -0.05) is 19.3 Å². The van der Waals surface area contributed by atoms with E-state index in [1.165, 1.54) is 23.7 Å². The summed E-state index contributed by atoms with van der Waals surface area (Å²) in [4.78, 5) is 0. The standard InChI is InChI=1S/C10H16/c1-2-7-4-5-9-6-8(3-1)10(7)9/h7-10H,1-6H2. The van der Waals surface area contributed by atoms with E-state index in [-0.39, 0.29) is 0 Å². The van der Waals surface area contributed by atoms with Gasteiger partial charge in [0.15, 0.2) is 0 Å². The van der Waals surface area contributed by atoms with Gasteiger partial charge in [0.25, 0.3) is 0 Å². The third kappa shape index (κ3) is 0.538. The molecule has 0 N–H and O–H groups in total. The Kier molecular flexibility index (Phi) is 1.00. The Bertz CT molecular complexity index is 148. The molecule has 0 saturated heterocycles. The summed E-state index contributed by atoms with van der Waals surface area (Å²) in [5.74, 6) is 4.83. The molecule has 3 aliphatic rings. The Morgan fingerprint density at radius 3 is 2.30 bits per heavy atom. The lowest BCUT2D eigenvalue weighted by molar-refractivity contribution is 0.0284. The maximum Gasteiger partial charge on any atom is -0.0329 e. The third-order valence-electron chi connectivity index (χ3n) is 4.30. The predicted molar refractivity (Wildman–Crippen MR) is 41.7 cm³/mol. The summed E-state index contributed by atoms with van der Waals surface area (Å²) >= 11 is 0. The van der Waals surface area contributed by atoms with Crippen molar-refractivity contribution in [1.82, 2.24) is 0 Å². The number of hydrogen-bond donors (Lipinski definition) is 0.